The number of carbonyl (C=O) groups excluding carboxylic acids is 1. The molecule has 0 aliphatic carbocycles. The third-order valence-corrected chi connectivity index (χ3v) is 4.10. The smallest absolute Gasteiger partial charge is 0.255 e. The zero-order chi connectivity index (χ0) is 12.1. The van der Waals surface area contributed by atoms with Gasteiger partial charge in [-0.05, 0) is 30.7 Å². The molecule has 1 aromatic heterocycles. The number of amides is 1. The SMILES string of the molecule is NNc1ncccc1C(=O)NCC1CCCS1. The largest absolute Gasteiger partial charge is 0.351 e. The first-order chi connectivity index (χ1) is 8.31. The Balaban J connectivity index is 1.94. The molecule has 1 aliphatic heterocycles. The minimum absolute atomic E-state index is 0.126. The van der Waals surface area contributed by atoms with Crippen molar-refractivity contribution in [2.75, 3.05) is 17.7 Å². The maximum absolute atomic E-state index is 11.9. The lowest BCUT2D eigenvalue weighted by Gasteiger charge is -2.11. The number of rotatable bonds is 4. The van der Waals surface area contributed by atoms with Crippen molar-refractivity contribution in [1.82, 2.24) is 10.3 Å². The van der Waals surface area contributed by atoms with Gasteiger partial charge in [-0.25, -0.2) is 10.8 Å². The number of nitrogens with zero attached hydrogens (tertiary/aromatic N) is 1. The van der Waals surface area contributed by atoms with Gasteiger partial charge >= 0.3 is 0 Å². The molecule has 0 saturated carbocycles. The van der Waals surface area contributed by atoms with Crippen molar-refractivity contribution in [1.29, 1.82) is 0 Å². The fourth-order valence-corrected chi connectivity index (χ4v) is 3.01. The summed E-state index contributed by atoms with van der Waals surface area (Å²) in [7, 11) is 0. The van der Waals surface area contributed by atoms with E-state index < -0.39 is 0 Å². The average molecular weight is 252 g/mol. The first kappa shape index (κ1) is 12.2. The Kier molecular flexibility index (Phi) is 4.22. The number of hydrogen-bond acceptors (Lipinski definition) is 5. The van der Waals surface area contributed by atoms with Gasteiger partial charge < -0.3 is 10.7 Å². The molecule has 0 bridgehead atoms. The van der Waals surface area contributed by atoms with Gasteiger partial charge in [-0.1, -0.05) is 0 Å². The molecule has 5 nitrogen and oxygen atoms in total. The van der Waals surface area contributed by atoms with Crippen molar-refractivity contribution < 1.29 is 4.79 Å². The van der Waals surface area contributed by atoms with Crippen molar-refractivity contribution in [2.24, 2.45) is 5.84 Å². The van der Waals surface area contributed by atoms with Crippen LogP contribution in [0.4, 0.5) is 5.82 Å². The molecule has 0 aromatic carbocycles. The Hall–Kier alpha value is -1.27. The number of nitrogens with two attached hydrogens (primary N) is 1. The van der Waals surface area contributed by atoms with Crippen LogP contribution < -0.4 is 16.6 Å². The van der Waals surface area contributed by atoms with Crippen LogP contribution in [0, 0.1) is 0 Å². The van der Waals surface area contributed by atoms with Gasteiger partial charge in [-0.15, -0.1) is 0 Å². The summed E-state index contributed by atoms with van der Waals surface area (Å²) < 4.78 is 0. The lowest BCUT2D eigenvalue weighted by molar-refractivity contribution is 0.0954. The molecular formula is C11H16N4OS. The Morgan fingerprint density at radius 2 is 2.53 bits per heavy atom. The third-order valence-electron chi connectivity index (χ3n) is 2.70. The van der Waals surface area contributed by atoms with Crippen LogP contribution in [0.15, 0.2) is 18.3 Å². The van der Waals surface area contributed by atoms with E-state index in [2.05, 4.69) is 15.7 Å². The number of carbonyl (C=O) groups is 1. The molecule has 1 aliphatic rings. The zero-order valence-corrected chi connectivity index (χ0v) is 10.3. The van der Waals surface area contributed by atoms with Crippen LogP contribution in [0.5, 0.6) is 0 Å². The number of aromatic nitrogens is 1. The van der Waals surface area contributed by atoms with Crippen LogP contribution >= 0.6 is 11.8 Å². The maximum atomic E-state index is 11.9. The molecule has 92 valence electrons. The summed E-state index contributed by atoms with van der Waals surface area (Å²) in [6, 6.07) is 3.43. The van der Waals surface area contributed by atoms with Crippen molar-refractivity contribution in [3.05, 3.63) is 23.9 Å². The van der Waals surface area contributed by atoms with Crippen LogP contribution in [-0.2, 0) is 0 Å². The number of hydrazine groups is 1. The maximum Gasteiger partial charge on any atom is 0.255 e. The minimum Gasteiger partial charge on any atom is -0.351 e. The predicted octanol–water partition coefficient (Wildman–Crippen LogP) is 0.993. The summed E-state index contributed by atoms with van der Waals surface area (Å²) >= 11 is 1.92. The van der Waals surface area contributed by atoms with Gasteiger partial charge in [0.1, 0.15) is 0 Å². The third kappa shape index (κ3) is 3.10. The molecule has 2 rings (SSSR count). The van der Waals surface area contributed by atoms with Crippen molar-refractivity contribution in [3.63, 3.8) is 0 Å². The summed E-state index contributed by atoms with van der Waals surface area (Å²) in [4.78, 5) is 15.9. The quantitative estimate of drug-likeness (QED) is 0.550. The van der Waals surface area contributed by atoms with Crippen LogP contribution in [0.2, 0.25) is 0 Å². The fraction of sp³-hybridized carbons (Fsp3) is 0.455. The van der Waals surface area contributed by atoms with Crippen LogP contribution in [-0.4, -0.2) is 28.4 Å². The number of pyridine rings is 1. The zero-order valence-electron chi connectivity index (χ0n) is 9.48. The van der Waals surface area contributed by atoms with E-state index in [1.165, 1.54) is 18.6 Å². The van der Waals surface area contributed by atoms with Gasteiger partial charge in [0.25, 0.3) is 5.91 Å². The highest BCUT2D eigenvalue weighted by Crippen LogP contribution is 2.25. The highest BCUT2D eigenvalue weighted by molar-refractivity contribution is 8.00. The van der Waals surface area contributed by atoms with E-state index in [1.807, 2.05) is 11.8 Å². The molecule has 1 amide bonds. The Morgan fingerprint density at radius 3 is 3.24 bits per heavy atom. The Morgan fingerprint density at radius 1 is 1.65 bits per heavy atom. The van der Waals surface area contributed by atoms with Crippen molar-refractivity contribution >= 4 is 23.5 Å². The van der Waals surface area contributed by atoms with E-state index in [0.717, 1.165) is 0 Å². The van der Waals surface area contributed by atoms with Crippen LogP contribution in [0.25, 0.3) is 0 Å². The summed E-state index contributed by atoms with van der Waals surface area (Å²) in [5, 5.41) is 3.47. The predicted molar refractivity (Wildman–Crippen MR) is 69.9 cm³/mol. The fourth-order valence-electron chi connectivity index (χ4n) is 1.81. The number of nitrogen functional groups attached to an aromatic ring is 1. The van der Waals surface area contributed by atoms with Crippen molar-refractivity contribution in [2.45, 2.75) is 18.1 Å². The van der Waals surface area contributed by atoms with Gasteiger partial charge in [0.2, 0.25) is 0 Å². The van der Waals surface area contributed by atoms with E-state index in [-0.39, 0.29) is 5.91 Å². The Labute approximate surface area is 105 Å². The van der Waals surface area contributed by atoms with Gasteiger partial charge in [-0.3, -0.25) is 4.79 Å². The monoisotopic (exact) mass is 252 g/mol. The van der Waals surface area contributed by atoms with E-state index >= 15 is 0 Å². The number of hydrogen-bond donors (Lipinski definition) is 3. The molecule has 1 fully saturated rings. The molecule has 1 unspecified atom stereocenters. The topological polar surface area (TPSA) is 80.0 Å². The molecule has 0 radical (unpaired) electrons. The van der Waals surface area contributed by atoms with Gasteiger partial charge in [0, 0.05) is 18.0 Å². The molecule has 1 saturated heterocycles. The highest BCUT2D eigenvalue weighted by Gasteiger charge is 2.17. The number of anilines is 1. The second-order valence-corrected chi connectivity index (χ2v) is 5.30. The standard InChI is InChI=1S/C11H16N4OS/c12-15-10-9(4-1-5-13-10)11(16)14-7-8-3-2-6-17-8/h1,4-5,8H,2-3,6-7,12H2,(H,13,15)(H,14,16). The lowest BCUT2D eigenvalue weighted by atomic mass is 10.2. The number of nitrogens with one attached hydrogen (secondary N) is 2. The molecular weight excluding hydrogens is 236 g/mol. The molecule has 6 heteroatoms. The van der Waals surface area contributed by atoms with E-state index in [4.69, 9.17) is 5.84 Å². The molecule has 17 heavy (non-hydrogen) atoms. The molecule has 4 N–H and O–H groups in total. The summed E-state index contributed by atoms with van der Waals surface area (Å²) in [6.07, 6.45) is 4.02. The van der Waals surface area contributed by atoms with Crippen LogP contribution in [0.3, 0.4) is 0 Å². The molecule has 2 heterocycles. The lowest BCUT2D eigenvalue weighted by Crippen LogP contribution is -2.30. The summed E-state index contributed by atoms with van der Waals surface area (Å²) in [5.74, 6) is 6.79. The van der Waals surface area contributed by atoms with Gasteiger partial charge in [0.05, 0.1) is 5.56 Å². The average Bonchev–Trinajstić information content (AvgIpc) is 2.89. The van der Waals surface area contributed by atoms with E-state index in [9.17, 15) is 4.79 Å². The molecule has 1 aromatic rings. The summed E-state index contributed by atoms with van der Waals surface area (Å²) in [6.45, 7) is 0.711. The summed E-state index contributed by atoms with van der Waals surface area (Å²) in [5.41, 5.74) is 2.91. The first-order valence-electron chi connectivity index (χ1n) is 5.62. The second-order valence-electron chi connectivity index (χ2n) is 3.89. The van der Waals surface area contributed by atoms with Crippen molar-refractivity contribution in [3.8, 4) is 0 Å². The van der Waals surface area contributed by atoms with Gasteiger partial charge in [-0.2, -0.15) is 11.8 Å². The van der Waals surface area contributed by atoms with E-state index in [1.54, 1.807) is 18.3 Å². The van der Waals surface area contributed by atoms with Gasteiger partial charge in [0.15, 0.2) is 5.82 Å². The van der Waals surface area contributed by atoms with E-state index in [0.29, 0.717) is 23.2 Å². The number of thioether (sulfide) groups is 1. The Bertz CT molecular complexity index is 393. The second kappa shape index (κ2) is 5.88. The molecule has 1 atom stereocenters. The minimum atomic E-state index is -0.126. The normalized spacial score (nSPS) is 19.0. The van der Waals surface area contributed by atoms with Crippen LogP contribution in [0.1, 0.15) is 23.2 Å². The molecule has 0 spiro atoms. The first-order valence-corrected chi connectivity index (χ1v) is 6.67. The highest BCUT2D eigenvalue weighted by atomic mass is 32.2.